The third kappa shape index (κ3) is 4.43. The maximum atomic E-state index is 12.2. The fourth-order valence-corrected chi connectivity index (χ4v) is 3.74. The minimum Gasteiger partial charge on any atom is -0.493 e. The van der Waals surface area contributed by atoms with Crippen molar-refractivity contribution in [3.8, 4) is 22.1 Å². The van der Waals surface area contributed by atoms with Gasteiger partial charge < -0.3 is 14.2 Å². The molecule has 0 saturated carbocycles. The van der Waals surface area contributed by atoms with Gasteiger partial charge in [-0.15, -0.1) is 23.1 Å². The van der Waals surface area contributed by atoms with E-state index in [2.05, 4.69) is 4.98 Å². The predicted molar refractivity (Wildman–Crippen MR) is 108 cm³/mol. The highest BCUT2D eigenvalue weighted by Gasteiger charge is 2.15. The summed E-state index contributed by atoms with van der Waals surface area (Å²) in [6.07, 6.45) is 1.99. The second kappa shape index (κ2) is 8.92. The van der Waals surface area contributed by atoms with Crippen molar-refractivity contribution in [1.29, 1.82) is 0 Å². The van der Waals surface area contributed by atoms with Crippen molar-refractivity contribution >= 4 is 29.1 Å². The molecule has 0 aliphatic carbocycles. The first-order valence-corrected chi connectivity index (χ1v) is 10.2. The van der Waals surface area contributed by atoms with Gasteiger partial charge in [-0.1, -0.05) is 6.07 Å². The molecule has 0 fully saturated rings. The third-order valence-electron chi connectivity index (χ3n) is 3.86. The first-order chi connectivity index (χ1) is 13.2. The van der Waals surface area contributed by atoms with Gasteiger partial charge in [-0.2, -0.15) is 0 Å². The number of methoxy groups -OCH3 is 2. The van der Waals surface area contributed by atoms with E-state index in [0.29, 0.717) is 22.8 Å². The number of esters is 1. The van der Waals surface area contributed by atoms with Gasteiger partial charge in [0.05, 0.1) is 31.0 Å². The van der Waals surface area contributed by atoms with Crippen LogP contribution in [0.3, 0.4) is 0 Å². The molecule has 3 rings (SSSR count). The summed E-state index contributed by atoms with van der Waals surface area (Å²) in [5, 5.41) is 2.65. The molecule has 0 aliphatic heterocycles. The lowest BCUT2D eigenvalue weighted by Gasteiger charge is -2.10. The molecule has 1 heterocycles. The molecule has 0 aliphatic rings. The van der Waals surface area contributed by atoms with Crippen molar-refractivity contribution in [2.24, 2.45) is 0 Å². The summed E-state index contributed by atoms with van der Waals surface area (Å²) in [4.78, 5) is 17.8. The lowest BCUT2D eigenvalue weighted by atomic mass is 10.2. The van der Waals surface area contributed by atoms with E-state index in [1.54, 1.807) is 38.1 Å². The number of carbonyl (C=O) groups excluding carboxylic acids is 1. The smallest absolute Gasteiger partial charge is 0.338 e. The van der Waals surface area contributed by atoms with Gasteiger partial charge in [0.15, 0.2) is 11.5 Å². The number of hydrogen-bond donors (Lipinski definition) is 0. The molecular formula is C20H19NO4S2. The summed E-state index contributed by atoms with van der Waals surface area (Å²) in [7, 11) is 3.19. The van der Waals surface area contributed by atoms with Gasteiger partial charge in [0, 0.05) is 10.3 Å². The third-order valence-corrected chi connectivity index (χ3v) is 5.53. The van der Waals surface area contributed by atoms with Crippen LogP contribution in [0, 0.1) is 0 Å². The first kappa shape index (κ1) is 19.3. The SMILES string of the molecule is COc1cccc(-c2nc(COC(=O)c3ccc(SC)cc3)cs2)c1OC. The number of carbonyl (C=O) groups is 1. The van der Waals surface area contributed by atoms with Gasteiger partial charge in [0.2, 0.25) is 0 Å². The Bertz CT molecular complexity index is 922. The number of thiazole rings is 1. The highest BCUT2D eigenvalue weighted by Crippen LogP contribution is 2.39. The minimum absolute atomic E-state index is 0.117. The number of nitrogens with zero attached hydrogens (tertiary/aromatic N) is 1. The number of para-hydroxylation sites is 1. The summed E-state index contributed by atoms with van der Waals surface area (Å²) < 4.78 is 16.2. The van der Waals surface area contributed by atoms with E-state index in [-0.39, 0.29) is 12.6 Å². The van der Waals surface area contributed by atoms with Crippen LogP contribution in [0.1, 0.15) is 16.1 Å². The normalized spacial score (nSPS) is 10.5. The highest BCUT2D eigenvalue weighted by atomic mass is 32.2. The number of rotatable bonds is 7. The van der Waals surface area contributed by atoms with Crippen molar-refractivity contribution in [3.63, 3.8) is 0 Å². The van der Waals surface area contributed by atoms with Crippen LogP contribution in [0.25, 0.3) is 10.6 Å². The molecule has 0 unspecified atom stereocenters. The van der Waals surface area contributed by atoms with E-state index in [1.807, 2.05) is 42.0 Å². The second-order valence-electron chi connectivity index (χ2n) is 5.49. The standard InChI is InChI=1S/C20H19NO4S2/c1-23-17-6-4-5-16(18(17)24-2)19-21-14(12-27-19)11-25-20(22)13-7-9-15(26-3)10-8-13/h4-10,12H,11H2,1-3H3. The van der Waals surface area contributed by atoms with Crippen LogP contribution in [0.5, 0.6) is 11.5 Å². The maximum absolute atomic E-state index is 12.2. The number of hydrogen-bond acceptors (Lipinski definition) is 7. The molecule has 1 aromatic heterocycles. The fourth-order valence-electron chi connectivity index (χ4n) is 2.50. The van der Waals surface area contributed by atoms with Crippen LogP contribution >= 0.6 is 23.1 Å². The lowest BCUT2D eigenvalue weighted by molar-refractivity contribution is 0.0468. The zero-order valence-corrected chi connectivity index (χ0v) is 16.9. The molecule has 3 aromatic rings. The molecule has 0 radical (unpaired) electrons. The summed E-state index contributed by atoms with van der Waals surface area (Å²) in [5.41, 5.74) is 2.05. The Balaban J connectivity index is 1.70. The van der Waals surface area contributed by atoms with Crippen molar-refractivity contribution in [2.75, 3.05) is 20.5 Å². The average Bonchev–Trinajstić information content (AvgIpc) is 3.20. The summed E-state index contributed by atoms with van der Waals surface area (Å²) >= 11 is 3.09. The van der Waals surface area contributed by atoms with Gasteiger partial charge >= 0.3 is 5.97 Å². The molecule has 27 heavy (non-hydrogen) atoms. The quantitative estimate of drug-likeness (QED) is 0.414. The van der Waals surface area contributed by atoms with E-state index in [0.717, 1.165) is 15.5 Å². The summed E-state index contributed by atoms with van der Waals surface area (Å²) in [5.74, 6) is 0.912. The van der Waals surface area contributed by atoms with Crippen LogP contribution in [0.2, 0.25) is 0 Å². The van der Waals surface area contributed by atoms with Crippen LogP contribution in [0.4, 0.5) is 0 Å². The molecule has 5 nitrogen and oxygen atoms in total. The Morgan fingerprint density at radius 2 is 1.89 bits per heavy atom. The van der Waals surface area contributed by atoms with Crippen molar-refractivity contribution < 1.29 is 19.0 Å². The molecule has 0 atom stereocenters. The summed E-state index contributed by atoms with van der Waals surface area (Å²) in [6.45, 7) is 0.117. The molecule has 140 valence electrons. The highest BCUT2D eigenvalue weighted by molar-refractivity contribution is 7.98. The van der Waals surface area contributed by atoms with E-state index in [4.69, 9.17) is 14.2 Å². The number of aromatic nitrogens is 1. The first-order valence-electron chi connectivity index (χ1n) is 8.13. The summed E-state index contributed by atoms with van der Waals surface area (Å²) in [6, 6.07) is 13.0. The molecule has 7 heteroatoms. The molecule has 0 saturated heterocycles. The maximum Gasteiger partial charge on any atom is 0.338 e. The van der Waals surface area contributed by atoms with Gasteiger partial charge in [-0.3, -0.25) is 0 Å². The Kier molecular flexibility index (Phi) is 6.36. The van der Waals surface area contributed by atoms with Crippen LogP contribution in [-0.4, -0.2) is 31.4 Å². The largest absolute Gasteiger partial charge is 0.493 e. The Morgan fingerprint density at radius 3 is 2.56 bits per heavy atom. The molecule has 0 amide bonds. The van der Waals surface area contributed by atoms with Crippen molar-refractivity contribution in [1.82, 2.24) is 4.98 Å². The van der Waals surface area contributed by atoms with E-state index in [9.17, 15) is 4.79 Å². The molecular weight excluding hydrogens is 382 g/mol. The van der Waals surface area contributed by atoms with Crippen LogP contribution < -0.4 is 9.47 Å². The predicted octanol–water partition coefficient (Wildman–Crippen LogP) is 4.91. The zero-order valence-electron chi connectivity index (χ0n) is 15.2. The van der Waals surface area contributed by atoms with E-state index >= 15 is 0 Å². The van der Waals surface area contributed by atoms with E-state index in [1.165, 1.54) is 11.3 Å². The minimum atomic E-state index is -0.365. The van der Waals surface area contributed by atoms with Gasteiger partial charge in [0.1, 0.15) is 11.6 Å². The lowest BCUT2D eigenvalue weighted by Crippen LogP contribution is -2.05. The van der Waals surface area contributed by atoms with Gasteiger partial charge in [0.25, 0.3) is 0 Å². The monoisotopic (exact) mass is 401 g/mol. The zero-order chi connectivity index (χ0) is 19.2. The van der Waals surface area contributed by atoms with Gasteiger partial charge in [-0.25, -0.2) is 9.78 Å². The average molecular weight is 402 g/mol. The molecule has 0 bridgehead atoms. The Morgan fingerprint density at radius 1 is 1.11 bits per heavy atom. The van der Waals surface area contributed by atoms with Crippen molar-refractivity contribution in [2.45, 2.75) is 11.5 Å². The Labute approximate surface area is 166 Å². The number of benzene rings is 2. The molecule has 2 aromatic carbocycles. The van der Waals surface area contributed by atoms with Gasteiger partial charge in [-0.05, 0) is 42.7 Å². The Hall–Kier alpha value is -2.51. The second-order valence-corrected chi connectivity index (χ2v) is 7.23. The fraction of sp³-hybridized carbons (Fsp3) is 0.200. The van der Waals surface area contributed by atoms with Crippen molar-refractivity contribution in [3.05, 3.63) is 59.1 Å². The molecule has 0 N–H and O–H groups in total. The van der Waals surface area contributed by atoms with Crippen LogP contribution in [-0.2, 0) is 11.3 Å². The number of ether oxygens (including phenoxy) is 3. The number of thioether (sulfide) groups is 1. The topological polar surface area (TPSA) is 57.7 Å². The molecule has 0 spiro atoms. The van der Waals surface area contributed by atoms with Crippen LogP contribution in [0.15, 0.2) is 52.7 Å². The van der Waals surface area contributed by atoms with E-state index < -0.39 is 0 Å².